The van der Waals surface area contributed by atoms with Crippen LogP contribution >= 0.6 is 0 Å². The topological polar surface area (TPSA) is 43.9 Å². The van der Waals surface area contributed by atoms with Gasteiger partial charge >= 0.3 is 0 Å². The van der Waals surface area contributed by atoms with Gasteiger partial charge in [0.25, 0.3) is 0 Å². The summed E-state index contributed by atoms with van der Waals surface area (Å²) in [6, 6.07) is 18.0. The van der Waals surface area contributed by atoms with Crippen molar-refractivity contribution in [2.24, 2.45) is 0 Å². The molecule has 2 saturated heterocycles. The Balaban J connectivity index is 1.41. The van der Waals surface area contributed by atoms with Gasteiger partial charge < -0.3 is 9.80 Å². The molecule has 5 nitrogen and oxygen atoms in total. The molecule has 2 aromatic rings. The van der Waals surface area contributed by atoms with Crippen LogP contribution in [-0.4, -0.2) is 65.8 Å². The largest absolute Gasteiger partial charge is 0.341 e. The Morgan fingerprint density at radius 1 is 0.800 bits per heavy atom. The molecule has 2 heterocycles. The highest BCUT2D eigenvalue weighted by atomic mass is 16.2. The summed E-state index contributed by atoms with van der Waals surface area (Å²) >= 11 is 0. The maximum Gasteiger partial charge on any atom is 0.244 e. The monoisotopic (exact) mass is 405 g/mol. The molecule has 4 rings (SSSR count). The minimum Gasteiger partial charge on any atom is -0.341 e. The summed E-state index contributed by atoms with van der Waals surface area (Å²) in [6.45, 7) is 6.55. The molecule has 0 saturated carbocycles. The summed E-state index contributed by atoms with van der Waals surface area (Å²) in [7, 11) is 0. The molecule has 0 bridgehead atoms. The predicted octanol–water partition coefficient (Wildman–Crippen LogP) is 3.05. The summed E-state index contributed by atoms with van der Waals surface area (Å²) in [5.74, 6) is 0.374. The van der Waals surface area contributed by atoms with Gasteiger partial charge in [-0.25, -0.2) is 0 Å². The van der Waals surface area contributed by atoms with E-state index < -0.39 is 0 Å². The molecule has 30 heavy (non-hydrogen) atoms. The van der Waals surface area contributed by atoms with Gasteiger partial charge in [0.2, 0.25) is 11.8 Å². The van der Waals surface area contributed by atoms with Crippen molar-refractivity contribution in [2.45, 2.75) is 32.2 Å². The Bertz CT molecular complexity index is 852. The van der Waals surface area contributed by atoms with Gasteiger partial charge in [-0.2, -0.15) is 0 Å². The molecule has 2 fully saturated rings. The van der Waals surface area contributed by atoms with Gasteiger partial charge in [-0.15, -0.1) is 0 Å². The van der Waals surface area contributed by atoms with Crippen LogP contribution in [0.4, 0.5) is 0 Å². The quantitative estimate of drug-likeness (QED) is 0.768. The minimum atomic E-state index is -0.251. The Kier molecular flexibility index (Phi) is 6.48. The highest BCUT2D eigenvalue weighted by molar-refractivity contribution is 5.84. The maximum atomic E-state index is 13.3. The van der Waals surface area contributed by atoms with E-state index in [1.807, 2.05) is 52.3 Å². The standard InChI is InChI=1S/C25H31N3O2/c1-20-9-11-21(12-10-20)19-23(29)26-15-17-27(18-16-26)24(22-7-3-2-4-8-22)25(30)28-13-5-6-14-28/h2-4,7-12,24H,5-6,13-19H2,1H3. The second-order valence-corrected chi connectivity index (χ2v) is 8.42. The number of carbonyl (C=O) groups is 2. The normalized spacial score (nSPS) is 18.4. The fourth-order valence-electron chi connectivity index (χ4n) is 4.48. The first kappa shape index (κ1) is 20.6. The minimum absolute atomic E-state index is 0.167. The van der Waals surface area contributed by atoms with E-state index in [0.29, 0.717) is 19.5 Å². The number of rotatable bonds is 5. The third-order valence-electron chi connectivity index (χ3n) is 6.28. The predicted molar refractivity (Wildman–Crippen MR) is 118 cm³/mol. The van der Waals surface area contributed by atoms with Gasteiger partial charge in [-0.05, 0) is 30.9 Å². The van der Waals surface area contributed by atoms with Crippen LogP contribution in [0, 0.1) is 6.92 Å². The number of nitrogens with zero attached hydrogens (tertiary/aromatic N) is 3. The smallest absolute Gasteiger partial charge is 0.244 e. The first-order valence-electron chi connectivity index (χ1n) is 11.0. The van der Waals surface area contributed by atoms with Crippen LogP contribution in [0.25, 0.3) is 0 Å². The first-order chi connectivity index (χ1) is 14.6. The van der Waals surface area contributed by atoms with Crippen LogP contribution in [0.2, 0.25) is 0 Å². The van der Waals surface area contributed by atoms with E-state index in [2.05, 4.69) is 24.0 Å². The summed E-state index contributed by atoms with van der Waals surface area (Å²) in [4.78, 5) is 32.3. The van der Waals surface area contributed by atoms with Crippen molar-refractivity contribution in [2.75, 3.05) is 39.3 Å². The average Bonchev–Trinajstić information content (AvgIpc) is 3.32. The van der Waals surface area contributed by atoms with Crippen molar-refractivity contribution in [3.63, 3.8) is 0 Å². The fraction of sp³-hybridized carbons (Fsp3) is 0.440. The van der Waals surface area contributed by atoms with Crippen LogP contribution < -0.4 is 0 Å². The lowest BCUT2D eigenvalue weighted by Crippen LogP contribution is -2.53. The van der Waals surface area contributed by atoms with Gasteiger partial charge in [-0.1, -0.05) is 60.2 Å². The molecule has 0 aliphatic carbocycles. The zero-order valence-corrected chi connectivity index (χ0v) is 17.8. The molecule has 0 radical (unpaired) electrons. The molecule has 0 N–H and O–H groups in total. The van der Waals surface area contributed by atoms with Crippen LogP contribution in [0.15, 0.2) is 54.6 Å². The molecule has 1 atom stereocenters. The van der Waals surface area contributed by atoms with Crippen molar-refractivity contribution in [1.82, 2.24) is 14.7 Å². The van der Waals surface area contributed by atoms with E-state index in [4.69, 9.17) is 0 Å². The van der Waals surface area contributed by atoms with Gasteiger partial charge in [0.05, 0.1) is 6.42 Å². The zero-order valence-electron chi connectivity index (χ0n) is 17.8. The second kappa shape index (κ2) is 9.43. The number of carbonyl (C=O) groups excluding carboxylic acids is 2. The van der Waals surface area contributed by atoms with Crippen molar-refractivity contribution in [1.29, 1.82) is 0 Å². The maximum absolute atomic E-state index is 13.3. The first-order valence-corrected chi connectivity index (χ1v) is 11.0. The number of aryl methyl sites for hydroxylation is 1. The Morgan fingerprint density at radius 2 is 1.43 bits per heavy atom. The van der Waals surface area contributed by atoms with Crippen molar-refractivity contribution >= 4 is 11.8 Å². The molecular formula is C25H31N3O2. The zero-order chi connectivity index (χ0) is 20.9. The van der Waals surface area contributed by atoms with E-state index in [0.717, 1.165) is 50.1 Å². The van der Waals surface area contributed by atoms with E-state index in [9.17, 15) is 9.59 Å². The Labute approximate surface area is 179 Å². The third kappa shape index (κ3) is 4.73. The molecule has 0 spiro atoms. The molecule has 2 amide bonds. The lowest BCUT2D eigenvalue weighted by molar-refractivity contribution is -0.138. The van der Waals surface area contributed by atoms with Crippen LogP contribution in [0.1, 0.15) is 35.6 Å². The highest BCUT2D eigenvalue weighted by Crippen LogP contribution is 2.26. The number of hydrogen-bond donors (Lipinski definition) is 0. The molecule has 2 aliphatic heterocycles. The second-order valence-electron chi connectivity index (χ2n) is 8.42. The van der Waals surface area contributed by atoms with Gasteiger partial charge in [0.1, 0.15) is 6.04 Å². The number of likely N-dealkylation sites (tertiary alicyclic amines) is 1. The van der Waals surface area contributed by atoms with E-state index in [-0.39, 0.29) is 17.9 Å². The number of piperazine rings is 1. The average molecular weight is 406 g/mol. The van der Waals surface area contributed by atoms with Crippen molar-refractivity contribution in [3.05, 3.63) is 71.3 Å². The van der Waals surface area contributed by atoms with Crippen molar-refractivity contribution in [3.8, 4) is 0 Å². The number of benzene rings is 2. The Morgan fingerprint density at radius 3 is 2.07 bits per heavy atom. The molecule has 158 valence electrons. The van der Waals surface area contributed by atoms with E-state index in [1.54, 1.807) is 0 Å². The van der Waals surface area contributed by atoms with Crippen LogP contribution in [0.5, 0.6) is 0 Å². The lowest BCUT2D eigenvalue weighted by Gasteiger charge is -2.40. The molecule has 0 aromatic heterocycles. The SMILES string of the molecule is Cc1ccc(CC(=O)N2CCN(C(C(=O)N3CCCC3)c3ccccc3)CC2)cc1. The molecule has 1 unspecified atom stereocenters. The number of amides is 2. The fourth-order valence-corrected chi connectivity index (χ4v) is 4.48. The van der Waals surface area contributed by atoms with Crippen molar-refractivity contribution < 1.29 is 9.59 Å². The number of hydrogen-bond acceptors (Lipinski definition) is 3. The summed E-state index contributed by atoms with van der Waals surface area (Å²) in [5, 5.41) is 0. The molecular weight excluding hydrogens is 374 g/mol. The lowest BCUT2D eigenvalue weighted by atomic mass is 10.0. The Hall–Kier alpha value is -2.66. The van der Waals surface area contributed by atoms with Gasteiger partial charge in [-0.3, -0.25) is 14.5 Å². The van der Waals surface area contributed by atoms with Gasteiger partial charge in [0.15, 0.2) is 0 Å². The van der Waals surface area contributed by atoms with E-state index >= 15 is 0 Å². The van der Waals surface area contributed by atoms with Crippen LogP contribution in [0.3, 0.4) is 0 Å². The molecule has 2 aromatic carbocycles. The van der Waals surface area contributed by atoms with Crippen LogP contribution in [-0.2, 0) is 16.0 Å². The highest BCUT2D eigenvalue weighted by Gasteiger charge is 2.34. The summed E-state index contributed by atoms with van der Waals surface area (Å²) in [5.41, 5.74) is 3.31. The van der Waals surface area contributed by atoms with E-state index in [1.165, 1.54) is 5.56 Å². The molecule has 5 heteroatoms. The summed E-state index contributed by atoms with van der Waals surface area (Å²) < 4.78 is 0. The van der Waals surface area contributed by atoms with Gasteiger partial charge in [0, 0.05) is 39.3 Å². The molecule has 2 aliphatic rings. The summed E-state index contributed by atoms with van der Waals surface area (Å²) in [6.07, 6.45) is 2.62. The third-order valence-corrected chi connectivity index (χ3v) is 6.28.